The van der Waals surface area contributed by atoms with Crippen molar-refractivity contribution in [1.82, 2.24) is 4.90 Å². The first kappa shape index (κ1) is 12.5. The fourth-order valence-electron chi connectivity index (χ4n) is 1.86. The number of hydrogen-bond donors (Lipinski definition) is 0. The van der Waals surface area contributed by atoms with Gasteiger partial charge in [-0.15, -0.1) is 0 Å². The van der Waals surface area contributed by atoms with Gasteiger partial charge in [0.25, 0.3) is 0 Å². The number of benzene rings is 1. The highest BCUT2D eigenvalue weighted by Gasteiger charge is 2.09. The predicted octanol–water partition coefficient (Wildman–Crippen LogP) is 3.74. The summed E-state index contributed by atoms with van der Waals surface area (Å²) < 4.78 is 5.88. The van der Waals surface area contributed by atoms with Crippen molar-refractivity contribution in [3.8, 4) is 5.75 Å². The summed E-state index contributed by atoms with van der Waals surface area (Å²) in [5.74, 6) is 1.86. The number of likely N-dealkylation sites (N-methyl/N-ethyl adjacent to an activating group) is 1. The van der Waals surface area contributed by atoms with Gasteiger partial charge in [-0.05, 0) is 30.2 Å². The lowest BCUT2D eigenvalue weighted by Crippen LogP contribution is -2.21. The van der Waals surface area contributed by atoms with Crippen LogP contribution < -0.4 is 4.74 Å². The van der Waals surface area contributed by atoms with Crippen molar-refractivity contribution in [2.24, 2.45) is 0 Å². The van der Waals surface area contributed by atoms with E-state index in [2.05, 4.69) is 43.3 Å². The van der Waals surface area contributed by atoms with Crippen LogP contribution in [0.5, 0.6) is 5.75 Å². The molecule has 0 radical (unpaired) electrons. The molecule has 0 atom stereocenters. The maximum atomic E-state index is 5.88. The van der Waals surface area contributed by atoms with Crippen molar-refractivity contribution in [3.63, 3.8) is 0 Å². The van der Waals surface area contributed by atoms with Gasteiger partial charge >= 0.3 is 0 Å². The summed E-state index contributed by atoms with van der Waals surface area (Å²) in [6.07, 6.45) is 9.55. The summed E-state index contributed by atoms with van der Waals surface area (Å²) in [6.45, 7) is 2.94. The molecule has 0 saturated heterocycles. The van der Waals surface area contributed by atoms with Gasteiger partial charge in [-0.25, -0.2) is 0 Å². The van der Waals surface area contributed by atoms with Crippen LogP contribution in [0.2, 0.25) is 0 Å². The first-order valence-electron chi connectivity index (χ1n) is 6.30. The lowest BCUT2D eigenvalue weighted by Gasteiger charge is -2.22. The van der Waals surface area contributed by atoms with Crippen LogP contribution in [0.15, 0.2) is 66.1 Å². The Morgan fingerprint density at radius 3 is 2.78 bits per heavy atom. The zero-order valence-electron chi connectivity index (χ0n) is 11.0. The van der Waals surface area contributed by atoms with Crippen molar-refractivity contribution in [2.75, 3.05) is 13.6 Å². The Morgan fingerprint density at radius 1 is 1.28 bits per heavy atom. The lowest BCUT2D eigenvalue weighted by molar-refractivity contribution is 0.348. The van der Waals surface area contributed by atoms with Gasteiger partial charge in [0, 0.05) is 13.2 Å². The number of nitrogens with zero attached hydrogens (tertiary/aromatic N) is 1. The van der Waals surface area contributed by atoms with Gasteiger partial charge in [0.2, 0.25) is 0 Å². The van der Waals surface area contributed by atoms with E-state index in [1.165, 1.54) is 5.57 Å². The van der Waals surface area contributed by atoms with E-state index in [-0.39, 0.29) is 0 Å². The zero-order chi connectivity index (χ0) is 12.8. The number of para-hydroxylation sites is 1. The molecule has 1 aliphatic rings. The van der Waals surface area contributed by atoms with Crippen molar-refractivity contribution in [1.29, 1.82) is 0 Å². The molecule has 0 aromatic heterocycles. The molecule has 2 rings (SSSR count). The highest BCUT2D eigenvalue weighted by atomic mass is 16.5. The van der Waals surface area contributed by atoms with Gasteiger partial charge in [0.15, 0.2) is 0 Å². The van der Waals surface area contributed by atoms with E-state index in [0.29, 0.717) is 0 Å². The van der Waals surface area contributed by atoms with Crippen molar-refractivity contribution >= 4 is 0 Å². The smallest absolute Gasteiger partial charge is 0.127 e. The van der Waals surface area contributed by atoms with Crippen LogP contribution in [-0.2, 0) is 0 Å². The molecule has 0 spiro atoms. The van der Waals surface area contributed by atoms with Gasteiger partial charge in [-0.3, -0.25) is 0 Å². The Kier molecular flexibility index (Phi) is 4.24. The average Bonchev–Trinajstić information content (AvgIpc) is 2.37. The van der Waals surface area contributed by atoms with Crippen LogP contribution in [0.4, 0.5) is 0 Å². The minimum Gasteiger partial charge on any atom is -0.460 e. The largest absolute Gasteiger partial charge is 0.460 e. The van der Waals surface area contributed by atoms with Gasteiger partial charge < -0.3 is 9.64 Å². The average molecular weight is 241 g/mol. The maximum absolute atomic E-state index is 5.88. The normalized spacial score (nSPS) is 15.6. The minimum atomic E-state index is 0.804. The molecule has 0 amide bonds. The van der Waals surface area contributed by atoms with E-state index in [9.17, 15) is 0 Å². The van der Waals surface area contributed by atoms with Crippen LogP contribution in [0.1, 0.15) is 13.3 Å². The molecule has 0 fully saturated rings. The Hall–Kier alpha value is -1.96. The quantitative estimate of drug-likeness (QED) is 0.796. The first-order valence-corrected chi connectivity index (χ1v) is 6.30. The molecule has 0 aliphatic carbocycles. The Balaban J connectivity index is 2.11. The summed E-state index contributed by atoms with van der Waals surface area (Å²) in [5.41, 5.74) is 1.18. The van der Waals surface area contributed by atoms with E-state index in [1.807, 2.05) is 30.3 Å². The SMILES string of the molecule is CC/C=C/C1=CN(C)CC(Oc2ccccc2)=C1. The van der Waals surface area contributed by atoms with Crippen molar-refractivity contribution in [2.45, 2.75) is 13.3 Å². The zero-order valence-corrected chi connectivity index (χ0v) is 11.0. The second-order valence-electron chi connectivity index (χ2n) is 4.38. The number of ether oxygens (including phenoxy) is 1. The van der Waals surface area contributed by atoms with Crippen LogP contribution in [0.3, 0.4) is 0 Å². The maximum Gasteiger partial charge on any atom is 0.127 e. The van der Waals surface area contributed by atoms with Crippen LogP contribution >= 0.6 is 0 Å². The molecule has 18 heavy (non-hydrogen) atoms. The van der Waals surface area contributed by atoms with E-state index in [0.717, 1.165) is 24.5 Å². The monoisotopic (exact) mass is 241 g/mol. The number of hydrogen-bond acceptors (Lipinski definition) is 2. The molecule has 2 nitrogen and oxygen atoms in total. The highest BCUT2D eigenvalue weighted by Crippen LogP contribution is 2.18. The highest BCUT2D eigenvalue weighted by molar-refractivity contribution is 5.36. The van der Waals surface area contributed by atoms with Gasteiger partial charge in [-0.2, -0.15) is 0 Å². The van der Waals surface area contributed by atoms with Crippen LogP contribution in [0, 0.1) is 0 Å². The van der Waals surface area contributed by atoms with E-state index < -0.39 is 0 Å². The predicted molar refractivity (Wildman–Crippen MR) is 75.3 cm³/mol. The molecule has 0 unspecified atom stereocenters. The molecule has 94 valence electrons. The molecule has 0 N–H and O–H groups in total. The fraction of sp³-hybridized carbons (Fsp3) is 0.250. The molecule has 1 aliphatic heterocycles. The van der Waals surface area contributed by atoms with Crippen LogP contribution in [0.25, 0.3) is 0 Å². The summed E-state index contributed by atoms with van der Waals surface area (Å²) >= 11 is 0. The molecule has 0 bridgehead atoms. The molecule has 2 heteroatoms. The van der Waals surface area contributed by atoms with Gasteiger partial charge in [-0.1, -0.05) is 37.3 Å². The van der Waals surface area contributed by atoms with E-state index in [1.54, 1.807) is 0 Å². The minimum absolute atomic E-state index is 0.804. The molecular formula is C16H19NO. The number of allylic oxidation sites excluding steroid dienone is 4. The van der Waals surface area contributed by atoms with Crippen LogP contribution in [-0.4, -0.2) is 18.5 Å². The topological polar surface area (TPSA) is 12.5 Å². The summed E-state index contributed by atoms with van der Waals surface area (Å²) in [7, 11) is 2.06. The lowest BCUT2D eigenvalue weighted by atomic mass is 10.1. The summed E-state index contributed by atoms with van der Waals surface area (Å²) in [4.78, 5) is 2.13. The Morgan fingerprint density at radius 2 is 2.06 bits per heavy atom. The second kappa shape index (κ2) is 6.10. The molecular weight excluding hydrogens is 222 g/mol. The van der Waals surface area contributed by atoms with E-state index >= 15 is 0 Å². The third-order valence-electron chi connectivity index (χ3n) is 2.64. The fourth-order valence-corrected chi connectivity index (χ4v) is 1.86. The van der Waals surface area contributed by atoms with E-state index in [4.69, 9.17) is 4.74 Å². The molecule has 1 aromatic carbocycles. The van der Waals surface area contributed by atoms with Crippen molar-refractivity contribution < 1.29 is 4.74 Å². The summed E-state index contributed by atoms with van der Waals surface area (Å²) in [6, 6.07) is 9.90. The first-order chi connectivity index (χ1) is 8.78. The molecule has 1 aromatic rings. The summed E-state index contributed by atoms with van der Waals surface area (Å²) in [5, 5.41) is 0. The third-order valence-corrected chi connectivity index (χ3v) is 2.64. The molecule has 0 saturated carbocycles. The van der Waals surface area contributed by atoms with Gasteiger partial charge in [0.05, 0.1) is 6.54 Å². The second-order valence-corrected chi connectivity index (χ2v) is 4.38. The molecule has 1 heterocycles. The third kappa shape index (κ3) is 3.52. The Labute approximate surface area is 109 Å². The standard InChI is InChI=1S/C16H19NO/c1-3-4-8-14-11-16(13-17(2)12-14)18-15-9-6-5-7-10-15/h4-12H,3,13H2,1-2H3/b8-4+. The van der Waals surface area contributed by atoms with Gasteiger partial charge in [0.1, 0.15) is 11.5 Å². The Bertz CT molecular complexity index is 471. The number of rotatable bonds is 4. The van der Waals surface area contributed by atoms with Crippen molar-refractivity contribution in [3.05, 3.63) is 66.1 Å².